The lowest BCUT2D eigenvalue weighted by atomic mass is 10.2. The lowest BCUT2D eigenvalue weighted by Gasteiger charge is -2.19. The van der Waals surface area contributed by atoms with Gasteiger partial charge in [-0.1, -0.05) is 6.92 Å². The number of ether oxygens (including phenoxy) is 2. The molecule has 1 fully saturated rings. The van der Waals surface area contributed by atoms with Gasteiger partial charge in [-0.3, -0.25) is 0 Å². The average Bonchev–Trinajstić information content (AvgIpc) is 2.13. The molecule has 2 heteroatoms. The van der Waals surface area contributed by atoms with Crippen LogP contribution in [0.4, 0.5) is 0 Å². The highest BCUT2D eigenvalue weighted by Crippen LogP contribution is 2.25. The maximum Gasteiger partial charge on any atom is 0.165 e. The third kappa shape index (κ3) is 1.43. The van der Waals surface area contributed by atoms with Crippen LogP contribution in [0.25, 0.3) is 0 Å². The predicted molar refractivity (Wildman–Crippen MR) is 35.2 cm³/mol. The number of rotatable bonds is 1. The minimum absolute atomic E-state index is 0.273. The van der Waals surface area contributed by atoms with Gasteiger partial charge in [0, 0.05) is 0 Å². The standard InChI is InChI=1S/C7H14O2/c1-4-7(3)8-5-6(2)9-7/h6H,4-5H2,1-3H3/t6?,7-/m0/s1. The molecule has 0 amide bonds. The van der Waals surface area contributed by atoms with Crippen LogP contribution in [0, 0.1) is 0 Å². The van der Waals surface area contributed by atoms with Crippen molar-refractivity contribution in [3.8, 4) is 0 Å². The van der Waals surface area contributed by atoms with Crippen molar-refractivity contribution in [3.63, 3.8) is 0 Å². The van der Waals surface area contributed by atoms with Crippen molar-refractivity contribution >= 4 is 0 Å². The van der Waals surface area contributed by atoms with E-state index in [1.54, 1.807) is 0 Å². The second-order valence-corrected chi connectivity index (χ2v) is 2.73. The monoisotopic (exact) mass is 130 g/mol. The zero-order valence-electron chi connectivity index (χ0n) is 6.31. The number of hydrogen-bond acceptors (Lipinski definition) is 2. The largest absolute Gasteiger partial charge is 0.348 e. The van der Waals surface area contributed by atoms with Crippen molar-refractivity contribution in [2.45, 2.75) is 39.1 Å². The maximum absolute atomic E-state index is 5.48. The van der Waals surface area contributed by atoms with Crippen LogP contribution >= 0.6 is 0 Å². The molecule has 0 spiro atoms. The Morgan fingerprint density at radius 1 is 1.67 bits per heavy atom. The first kappa shape index (κ1) is 7.03. The van der Waals surface area contributed by atoms with Gasteiger partial charge in [-0.25, -0.2) is 0 Å². The first-order chi connectivity index (χ1) is 4.16. The first-order valence-electron chi connectivity index (χ1n) is 3.48. The zero-order valence-corrected chi connectivity index (χ0v) is 6.31. The summed E-state index contributed by atoms with van der Waals surface area (Å²) in [6, 6.07) is 0. The highest BCUT2D eigenvalue weighted by molar-refractivity contribution is 4.69. The summed E-state index contributed by atoms with van der Waals surface area (Å²) in [5.41, 5.74) is 0. The van der Waals surface area contributed by atoms with Crippen molar-refractivity contribution in [2.24, 2.45) is 0 Å². The highest BCUT2D eigenvalue weighted by Gasteiger charge is 2.32. The molecule has 54 valence electrons. The Balaban J connectivity index is 2.45. The summed E-state index contributed by atoms with van der Waals surface area (Å²) in [6.07, 6.45) is 1.20. The SMILES string of the molecule is CC[C@@]1(C)OCC(C)O1. The molecule has 1 aliphatic heterocycles. The van der Waals surface area contributed by atoms with Gasteiger partial charge in [0.05, 0.1) is 12.7 Å². The van der Waals surface area contributed by atoms with Crippen LogP contribution in [0.1, 0.15) is 27.2 Å². The summed E-state index contributed by atoms with van der Waals surface area (Å²) < 4.78 is 10.9. The minimum Gasteiger partial charge on any atom is -0.348 e. The molecule has 2 nitrogen and oxygen atoms in total. The molecule has 0 saturated carbocycles. The molecule has 1 rings (SSSR count). The second kappa shape index (κ2) is 2.27. The molecule has 0 N–H and O–H groups in total. The van der Waals surface area contributed by atoms with E-state index in [2.05, 4.69) is 6.92 Å². The van der Waals surface area contributed by atoms with E-state index in [9.17, 15) is 0 Å². The van der Waals surface area contributed by atoms with Crippen LogP contribution in [-0.4, -0.2) is 18.5 Å². The van der Waals surface area contributed by atoms with Gasteiger partial charge in [0.2, 0.25) is 0 Å². The molecule has 2 atom stereocenters. The third-order valence-corrected chi connectivity index (χ3v) is 1.72. The summed E-state index contributed by atoms with van der Waals surface area (Å²) in [5, 5.41) is 0. The quantitative estimate of drug-likeness (QED) is 0.536. The predicted octanol–water partition coefficient (Wildman–Crippen LogP) is 1.55. The summed E-state index contributed by atoms with van der Waals surface area (Å²) in [7, 11) is 0. The van der Waals surface area contributed by atoms with Gasteiger partial charge in [0.1, 0.15) is 0 Å². The molecular weight excluding hydrogens is 116 g/mol. The second-order valence-electron chi connectivity index (χ2n) is 2.73. The Morgan fingerprint density at radius 2 is 2.33 bits per heavy atom. The van der Waals surface area contributed by atoms with Crippen LogP contribution in [0.2, 0.25) is 0 Å². The molecule has 0 bridgehead atoms. The van der Waals surface area contributed by atoms with Gasteiger partial charge >= 0.3 is 0 Å². The van der Waals surface area contributed by atoms with E-state index < -0.39 is 0 Å². The fourth-order valence-electron chi connectivity index (χ4n) is 0.973. The van der Waals surface area contributed by atoms with E-state index in [1.165, 1.54) is 0 Å². The molecule has 1 aliphatic rings. The Kier molecular flexibility index (Phi) is 1.78. The fourth-order valence-corrected chi connectivity index (χ4v) is 0.973. The molecule has 1 saturated heterocycles. The van der Waals surface area contributed by atoms with Crippen molar-refractivity contribution < 1.29 is 9.47 Å². The van der Waals surface area contributed by atoms with E-state index >= 15 is 0 Å². The van der Waals surface area contributed by atoms with Gasteiger partial charge in [-0.15, -0.1) is 0 Å². The van der Waals surface area contributed by atoms with Crippen molar-refractivity contribution in [1.82, 2.24) is 0 Å². The summed E-state index contributed by atoms with van der Waals surface area (Å²) in [6.45, 7) is 6.82. The molecule has 9 heavy (non-hydrogen) atoms. The lowest BCUT2D eigenvalue weighted by molar-refractivity contribution is -0.153. The van der Waals surface area contributed by atoms with Crippen LogP contribution in [0.15, 0.2) is 0 Å². The van der Waals surface area contributed by atoms with Crippen molar-refractivity contribution in [1.29, 1.82) is 0 Å². The molecular formula is C7H14O2. The first-order valence-corrected chi connectivity index (χ1v) is 3.48. The normalized spacial score (nSPS) is 43.7. The molecule has 1 unspecified atom stereocenters. The van der Waals surface area contributed by atoms with E-state index in [-0.39, 0.29) is 11.9 Å². The van der Waals surface area contributed by atoms with E-state index in [4.69, 9.17) is 9.47 Å². The topological polar surface area (TPSA) is 18.5 Å². The Hall–Kier alpha value is -0.0800. The molecule has 0 radical (unpaired) electrons. The van der Waals surface area contributed by atoms with Gasteiger partial charge in [0.15, 0.2) is 5.79 Å². The molecule has 1 heterocycles. The molecule has 0 aromatic rings. The Labute approximate surface area is 56.2 Å². The van der Waals surface area contributed by atoms with Crippen LogP contribution in [0.3, 0.4) is 0 Å². The summed E-state index contributed by atoms with van der Waals surface area (Å²) in [4.78, 5) is 0. The van der Waals surface area contributed by atoms with Crippen molar-refractivity contribution in [3.05, 3.63) is 0 Å². The van der Waals surface area contributed by atoms with Crippen LogP contribution in [0.5, 0.6) is 0 Å². The lowest BCUT2D eigenvalue weighted by Crippen LogP contribution is -2.24. The molecule has 0 aromatic heterocycles. The zero-order chi connectivity index (χ0) is 6.91. The number of hydrogen-bond donors (Lipinski definition) is 0. The van der Waals surface area contributed by atoms with Gasteiger partial charge in [-0.05, 0) is 20.3 Å². The molecule has 0 aromatic carbocycles. The highest BCUT2D eigenvalue weighted by atomic mass is 16.7. The van der Waals surface area contributed by atoms with E-state index in [0.29, 0.717) is 0 Å². The van der Waals surface area contributed by atoms with Crippen molar-refractivity contribution in [2.75, 3.05) is 6.61 Å². The van der Waals surface area contributed by atoms with Crippen LogP contribution in [-0.2, 0) is 9.47 Å². The van der Waals surface area contributed by atoms with Gasteiger partial charge in [-0.2, -0.15) is 0 Å². The maximum atomic E-state index is 5.48. The summed E-state index contributed by atoms with van der Waals surface area (Å²) >= 11 is 0. The Morgan fingerprint density at radius 3 is 2.56 bits per heavy atom. The molecule has 0 aliphatic carbocycles. The van der Waals surface area contributed by atoms with Gasteiger partial charge < -0.3 is 9.47 Å². The Bertz CT molecular complexity index is 103. The third-order valence-electron chi connectivity index (χ3n) is 1.72. The minimum atomic E-state index is -0.292. The van der Waals surface area contributed by atoms with E-state index in [1.807, 2.05) is 13.8 Å². The van der Waals surface area contributed by atoms with Gasteiger partial charge in [0.25, 0.3) is 0 Å². The summed E-state index contributed by atoms with van der Waals surface area (Å²) in [5.74, 6) is -0.292. The fraction of sp³-hybridized carbons (Fsp3) is 1.00. The van der Waals surface area contributed by atoms with E-state index in [0.717, 1.165) is 13.0 Å². The average molecular weight is 130 g/mol. The smallest absolute Gasteiger partial charge is 0.165 e. The van der Waals surface area contributed by atoms with Crippen LogP contribution < -0.4 is 0 Å².